The first-order chi connectivity index (χ1) is 8.51. The molecule has 0 saturated heterocycles. The Balaban J connectivity index is 2.96. The van der Waals surface area contributed by atoms with Crippen LogP contribution >= 0.6 is 0 Å². The second kappa shape index (κ2) is 4.30. The molecule has 2 aromatic heterocycles. The lowest BCUT2D eigenvalue weighted by Crippen LogP contribution is -2.29. The van der Waals surface area contributed by atoms with E-state index in [0.29, 0.717) is 17.1 Å². The Kier molecular flexibility index (Phi) is 2.95. The van der Waals surface area contributed by atoms with Crippen molar-refractivity contribution < 1.29 is 0 Å². The fourth-order valence-electron chi connectivity index (χ4n) is 1.92. The van der Waals surface area contributed by atoms with E-state index in [1.807, 2.05) is 13.8 Å². The number of hydrogen-bond donors (Lipinski definition) is 3. The number of anilines is 1. The molecule has 0 fully saturated rings. The maximum atomic E-state index is 11.9. The Labute approximate surface area is 102 Å². The van der Waals surface area contributed by atoms with Gasteiger partial charge in [0.05, 0.1) is 0 Å². The van der Waals surface area contributed by atoms with E-state index in [-0.39, 0.29) is 6.04 Å². The Morgan fingerprint density at radius 2 is 2.17 bits per heavy atom. The molecule has 8 nitrogen and oxygen atoms in total. The number of aryl methyl sites for hydroxylation is 1. The molecule has 0 aromatic carbocycles. The van der Waals surface area contributed by atoms with E-state index >= 15 is 0 Å². The van der Waals surface area contributed by atoms with Crippen LogP contribution in [0.2, 0.25) is 0 Å². The van der Waals surface area contributed by atoms with Gasteiger partial charge in [0, 0.05) is 13.1 Å². The van der Waals surface area contributed by atoms with Gasteiger partial charge in [-0.1, -0.05) is 6.92 Å². The first-order valence-corrected chi connectivity index (χ1v) is 5.69. The molecule has 0 radical (unpaired) electrons. The highest BCUT2D eigenvalue weighted by molar-refractivity contribution is 5.74. The van der Waals surface area contributed by atoms with Gasteiger partial charge in [0.15, 0.2) is 11.2 Å². The summed E-state index contributed by atoms with van der Waals surface area (Å²) >= 11 is 0. The van der Waals surface area contributed by atoms with Crippen molar-refractivity contribution in [2.24, 2.45) is 12.9 Å². The van der Waals surface area contributed by atoms with Gasteiger partial charge in [0.2, 0.25) is 5.95 Å². The number of aromatic amines is 1. The zero-order chi connectivity index (χ0) is 13.4. The standard InChI is InChI=1S/C10H16N6O2/c1-4-5(2)16-6-7(12-9(16)14-11)15(3)10(18)13-8(6)17/h5H,4,11H2,1-3H3,(H,12,14)(H,13,17,18)/t5-/m1/s1. The summed E-state index contributed by atoms with van der Waals surface area (Å²) in [5.74, 6) is 5.78. The van der Waals surface area contributed by atoms with Crippen molar-refractivity contribution in [1.82, 2.24) is 19.1 Å². The Morgan fingerprint density at radius 3 is 2.72 bits per heavy atom. The largest absolute Gasteiger partial charge is 0.329 e. The van der Waals surface area contributed by atoms with Crippen molar-refractivity contribution >= 4 is 17.1 Å². The Bertz CT molecular complexity index is 695. The summed E-state index contributed by atoms with van der Waals surface area (Å²) in [4.78, 5) is 29.9. The number of nitrogens with two attached hydrogens (primary N) is 1. The van der Waals surface area contributed by atoms with E-state index in [1.54, 1.807) is 11.6 Å². The van der Waals surface area contributed by atoms with Crippen LogP contribution in [0.4, 0.5) is 5.95 Å². The molecule has 0 amide bonds. The van der Waals surface area contributed by atoms with Gasteiger partial charge < -0.3 is 4.57 Å². The van der Waals surface area contributed by atoms with E-state index in [4.69, 9.17) is 5.84 Å². The number of imidazole rings is 1. The molecule has 1 atom stereocenters. The quantitative estimate of drug-likeness (QED) is 0.512. The van der Waals surface area contributed by atoms with Crippen molar-refractivity contribution in [2.45, 2.75) is 26.3 Å². The molecule has 2 heterocycles. The minimum absolute atomic E-state index is 0.0413. The van der Waals surface area contributed by atoms with E-state index in [9.17, 15) is 9.59 Å². The Hall–Kier alpha value is -2.09. The SMILES string of the molecule is CC[C@@H](C)n1c(NN)nc2c1c(=O)[nH]c(=O)n2C. The predicted molar refractivity (Wildman–Crippen MR) is 68.4 cm³/mol. The molecule has 0 saturated carbocycles. The third-order valence-electron chi connectivity index (χ3n) is 3.11. The number of nitrogen functional groups attached to an aromatic ring is 1. The van der Waals surface area contributed by atoms with Crippen LogP contribution in [-0.2, 0) is 7.05 Å². The Morgan fingerprint density at radius 1 is 1.50 bits per heavy atom. The van der Waals surface area contributed by atoms with Crippen LogP contribution in [0.1, 0.15) is 26.3 Å². The van der Waals surface area contributed by atoms with Gasteiger partial charge in [-0.05, 0) is 13.3 Å². The lowest BCUT2D eigenvalue weighted by molar-refractivity contribution is 0.547. The number of rotatable bonds is 3. The second-order valence-electron chi connectivity index (χ2n) is 4.20. The molecular weight excluding hydrogens is 236 g/mol. The van der Waals surface area contributed by atoms with Crippen molar-refractivity contribution in [3.05, 3.63) is 20.8 Å². The summed E-state index contributed by atoms with van der Waals surface area (Å²) in [5, 5.41) is 0. The summed E-state index contributed by atoms with van der Waals surface area (Å²) in [5.41, 5.74) is 2.17. The van der Waals surface area contributed by atoms with Crippen LogP contribution in [0, 0.1) is 0 Å². The molecule has 0 aliphatic rings. The highest BCUT2D eigenvalue weighted by atomic mass is 16.2. The van der Waals surface area contributed by atoms with Crippen molar-refractivity contribution in [3.8, 4) is 0 Å². The van der Waals surface area contributed by atoms with Crippen molar-refractivity contribution in [2.75, 3.05) is 5.43 Å². The average molecular weight is 252 g/mol. The predicted octanol–water partition coefficient (Wildman–Crippen LogP) is -0.320. The third-order valence-corrected chi connectivity index (χ3v) is 3.11. The zero-order valence-electron chi connectivity index (χ0n) is 10.5. The molecule has 0 aliphatic carbocycles. The second-order valence-corrected chi connectivity index (χ2v) is 4.20. The smallest absolute Gasteiger partial charge is 0.300 e. The van der Waals surface area contributed by atoms with Crippen LogP contribution in [0.3, 0.4) is 0 Å². The van der Waals surface area contributed by atoms with E-state index in [2.05, 4.69) is 15.4 Å². The lowest BCUT2D eigenvalue weighted by atomic mass is 10.2. The van der Waals surface area contributed by atoms with Crippen LogP contribution in [-0.4, -0.2) is 19.1 Å². The molecule has 2 rings (SSSR count). The summed E-state index contributed by atoms with van der Waals surface area (Å²) < 4.78 is 2.99. The topological polar surface area (TPSA) is 111 Å². The third kappa shape index (κ3) is 1.61. The fourth-order valence-corrected chi connectivity index (χ4v) is 1.92. The number of aromatic nitrogens is 4. The number of hydrogen-bond acceptors (Lipinski definition) is 5. The van der Waals surface area contributed by atoms with Gasteiger partial charge in [0.1, 0.15) is 0 Å². The minimum atomic E-state index is -0.495. The molecule has 0 aliphatic heterocycles. The number of nitrogens with zero attached hydrogens (tertiary/aromatic N) is 3. The highest BCUT2D eigenvalue weighted by Gasteiger charge is 2.19. The van der Waals surface area contributed by atoms with Crippen LogP contribution < -0.4 is 22.5 Å². The summed E-state index contributed by atoms with van der Waals surface area (Å²) in [6, 6.07) is 0.0413. The van der Waals surface area contributed by atoms with E-state index in [1.165, 1.54) is 4.57 Å². The van der Waals surface area contributed by atoms with E-state index < -0.39 is 11.2 Å². The van der Waals surface area contributed by atoms with Gasteiger partial charge in [0.25, 0.3) is 5.56 Å². The minimum Gasteiger partial charge on any atom is -0.300 e. The van der Waals surface area contributed by atoms with Crippen molar-refractivity contribution in [1.29, 1.82) is 0 Å². The fraction of sp³-hybridized carbons (Fsp3) is 0.500. The summed E-state index contributed by atoms with van der Waals surface area (Å²) in [7, 11) is 1.55. The maximum absolute atomic E-state index is 11.9. The van der Waals surface area contributed by atoms with E-state index in [0.717, 1.165) is 6.42 Å². The lowest BCUT2D eigenvalue weighted by Gasteiger charge is -2.14. The molecule has 0 bridgehead atoms. The molecule has 2 aromatic rings. The van der Waals surface area contributed by atoms with Crippen LogP contribution in [0.5, 0.6) is 0 Å². The van der Waals surface area contributed by atoms with Crippen LogP contribution in [0.15, 0.2) is 9.59 Å². The maximum Gasteiger partial charge on any atom is 0.329 e. The number of hydrazine groups is 1. The summed E-state index contributed by atoms with van der Waals surface area (Å²) in [6.07, 6.45) is 0.808. The van der Waals surface area contributed by atoms with Gasteiger partial charge in [-0.15, -0.1) is 0 Å². The zero-order valence-corrected chi connectivity index (χ0v) is 10.5. The number of nitrogens with one attached hydrogen (secondary N) is 2. The average Bonchev–Trinajstić information content (AvgIpc) is 2.75. The molecule has 98 valence electrons. The molecule has 8 heteroatoms. The molecular formula is C10H16N6O2. The molecule has 18 heavy (non-hydrogen) atoms. The van der Waals surface area contributed by atoms with Crippen LogP contribution in [0.25, 0.3) is 11.2 Å². The number of fused-ring (bicyclic) bond motifs is 1. The van der Waals surface area contributed by atoms with Gasteiger partial charge in [-0.25, -0.2) is 10.6 Å². The molecule has 4 N–H and O–H groups in total. The first-order valence-electron chi connectivity index (χ1n) is 5.69. The summed E-state index contributed by atoms with van der Waals surface area (Å²) in [6.45, 7) is 3.94. The van der Waals surface area contributed by atoms with Gasteiger partial charge >= 0.3 is 5.69 Å². The molecule has 0 unspecified atom stereocenters. The monoisotopic (exact) mass is 252 g/mol. The first kappa shape index (κ1) is 12.4. The normalized spacial score (nSPS) is 12.9. The van der Waals surface area contributed by atoms with Gasteiger partial charge in [-0.3, -0.25) is 19.8 Å². The van der Waals surface area contributed by atoms with Crippen molar-refractivity contribution in [3.63, 3.8) is 0 Å². The number of H-pyrrole nitrogens is 1. The molecule has 0 spiro atoms. The highest BCUT2D eigenvalue weighted by Crippen LogP contribution is 2.22. The van der Waals surface area contributed by atoms with Gasteiger partial charge in [-0.2, -0.15) is 4.98 Å².